The standard InChI is InChI=1S/C23H26N4O6S/c1-14-11-25-23(32-14)19-7-6-18(26-19)20-9-17(31-15(2)13-30-3)10-21(27-20)33-16-5-8-22(24-12-16)34(4,28)29/h5-10,12,14-15,26H,11,13H2,1-4H3/t14-,15-/m0/s1. The molecule has 2 atom stereocenters. The Morgan fingerprint density at radius 1 is 1.18 bits per heavy atom. The Morgan fingerprint density at radius 3 is 2.62 bits per heavy atom. The van der Waals surface area contributed by atoms with Crippen LogP contribution in [0.5, 0.6) is 17.4 Å². The number of methoxy groups -OCH3 is 1. The summed E-state index contributed by atoms with van der Waals surface area (Å²) in [5.41, 5.74) is 2.06. The SMILES string of the molecule is COC[C@H](C)Oc1cc(Oc2ccc(S(C)(=O)=O)nc2)nc(-c2ccc(C3=NC[C@H](C)O3)[nH]2)c1. The van der Waals surface area contributed by atoms with Gasteiger partial charge < -0.3 is 23.9 Å². The van der Waals surface area contributed by atoms with Crippen molar-refractivity contribution in [2.75, 3.05) is 26.5 Å². The number of aliphatic imine (C=N–C) groups is 1. The highest BCUT2D eigenvalue weighted by Crippen LogP contribution is 2.30. The number of ether oxygens (including phenoxy) is 4. The highest BCUT2D eigenvalue weighted by Gasteiger charge is 2.19. The van der Waals surface area contributed by atoms with Gasteiger partial charge in [-0.15, -0.1) is 0 Å². The number of sulfone groups is 1. The Kier molecular flexibility index (Phi) is 6.85. The Balaban J connectivity index is 1.64. The summed E-state index contributed by atoms with van der Waals surface area (Å²) in [6.45, 7) is 4.88. The van der Waals surface area contributed by atoms with Crippen LogP contribution < -0.4 is 9.47 Å². The lowest BCUT2D eigenvalue weighted by Gasteiger charge is -2.15. The average Bonchev–Trinajstić information content (AvgIpc) is 3.43. The lowest BCUT2D eigenvalue weighted by Crippen LogP contribution is -2.18. The van der Waals surface area contributed by atoms with Gasteiger partial charge in [0.15, 0.2) is 14.9 Å². The van der Waals surface area contributed by atoms with Crippen molar-refractivity contribution in [2.24, 2.45) is 4.99 Å². The zero-order valence-corrected chi connectivity index (χ0v) is 20.1. The van der Waals surface area contributed by atoms with Crippen molar-refractivity contribution in [3.05, 3.63) is 48.3 Å². The van der Waals surface area contributed by atoms with Crippen molar-refractivity contribution in [1.29, 1.82) is 0 Å². The quantitative estimate of drug-likeness (QED) is 0.489. The smallest absolute Gasteiger partial charge is 0.233 e. The first-order valence-electron chi connectivity index (χ1n) is 10.6. The molecular weight excluding hydrogens is 460 g/mol. The lowest BCUT2D eigenvalue weighted by atomic mass is 10.2. The van der Waals surface area contributed by atoms with Gasteiger partial charge in [0.2, 0.25) is 11.8 Å². The number of rotatable bonds is 9. The molecule has 0 bridgehead atoms. The Morgan fingerprint density at radius 2 is 1.97 bits per heavy atom. The first kappa shape index (κ1) is 23.7. The number of aromatic nitrogens is 3. The summed E-state index contributed by atoms with van der Waals surface area (Å²) >= 11 is 0. The Labute approximate surface area is 197 Å². The topological polar surface area (TPSA) is 125 Å². The first-order chi connectivity index (χ1) is 16.2. The molecule has 0 radical (unpaired) electrons. The zero-order chi connectivity index (χ0) is 24.3. The van der Waals surface area contributed by atoms with Crippen LogP contribution in [0.3, 0.4) is 0 Å². The molecule has 1 N–H and O–H groups in total. The van der Waals surface area contributed by atoms with E-state index in [1.54, 1.807) is 19.2 Å². The number of pyridine rings is 2. The fraction of sp³-hybridized carbons (Fsp3) is 0.348. The summed E-state index contributed by atoms with van der Waals surface area (Å²) in [5, 5.41) is -0.0377. The summed E-state index contributed by atoms with van der Waals surface area (Å²) in [5.74, 6) is 1.69. The van der Waals surface area contributed by atoms with E-state index in [0.717, 1.165) is 17.6 Å². The van der Waals surface area contributed by atoms with Gasteiger partial charge in [-0.05, 0) is 38.1 Å². The number of hydrogen-bond donors (Lipinski definition) is 1. The van der Waals surface area contributed by atoms with Gasteiger partial charge in [0.25, 0.3) is 0 Å². The highest BCUT2D eigenvalue weighted by atomic mass is 32.2. The lowest BCUT2D eigenvalue weighted by molar-refractivity contribution is 0.0919. The van der Waals surface area contributed by atoms with E-state index in [-0.39, 0.29) is 23.1 Å². The third kappa shape index (κ3) is 5.72. The minimum Gasteiger partial charge on any atom is -0.488 e. The predicted octanol–water partition coefficient (Wildman–Crippen LogP) is 3.25. The van der Waals surface area contributed by atoms with E-state index in [2.05, 4.69) is 19.9 Å². The van der Waals surface area contributed by atoms with Crippen LogP contribution in [0, 0.1) is 0 Å². The molecule has 1 aliphatic heterocycles. The molecule has 0 unspecified atom stereocenters. The fourth-order valence-electron chi connectivity index (χ4n) is 3.30. The molecule has 3 aromatic heterocycles. The van der Waals surface area contributed by atoms with Crippen molar-refractivity contribution in [2.45, 2.75) is 31.1 Å². The summed E-state index contributed by atoms with van der Waals surface area (Å²) in [4.78, 5) is 16.2. The third-order valence-electron chi connectivity index (χ3n) is 4.82. The molecule has 10 nitrogen and oxygen atoms in total. The van der Waals surface area contributed by atoms with Crippen molar-refractivity contribution in [3.8, 4) is 28.8 Å². The maximum atomic E-state index is 11.7. The monoisotopic (exact) mass is 486 g/mol. The van der Waals surface area contributed by atoms with Crippen LogP contribution in [-0.4, -0.2) is 68.0 Å². The molecule has 0 saturated carbocycles. The summed E-state index contributed by atoms with van der Waals surface area (Å²) in [6.07, 6.45) is 2.27. The van der Waals surface area contributed by atoms with Crippen LogP contribution in [0.25, 0.3) is 11.4 Å². The van der Waals surface area contributed by atoms with E-state index in [9.17, 15) is 8.42 Å². The van der Waals surface area contributed by atoms with E-state index >= 15 is 0 Å². The van der Waals surface area contributed by atoms with Gasteiger partial charge in [0, 0.05) is 25.5 Å². The van der Waals surface area contributed by atoms with Crippen LogP contribution in [0.4, 0.5) is 0 Å². The minimum atomic E-state index is -3.41. The number of aromatic amines is 1. The number of H-pyrrole nitrogens is 1. The van der Waals surface area contributed by atoms with E-state index in [0.29, 0.717) is 36.2 Å². The number of nitrogens with one attached hydrogen (secondary N) is 1. The molecule has 4 rings (SSSR count). The van der Waals surface area contributed by atoms with Crippen LogP contribution in [0.2, 0.25) is 0 Å². The molecule has 180 valence electrons. The van der Waals surface area contributed by atoms with Crippen LogP contribution >= 0.6 is 0 Å². The van der Waals surface area contributed by atoms with E-state index in [1.807, 2.05) is 26.0 Å². The Bertz CT molecular complexity index is 1290. The van der Waals surface area contributed by atoms with Crippen LogP contribution in [-0.2, 0) is 19.3 Å². The van der Waals surface area contributed by atoms with Gasteiger partial charge in [0.05, 0.1) is 30.7 Å². The van der Waals surface area contributed by atoms with E-state index < -0.39 is 9.84 Å². The average molecular weight is 487 g/mol. The molecule has 0 fully saturated rings. The number of nitrogens with zero attached hydrogens (tertiary/aromatic N) is 3. The minimum absolute atomic E-state index is 0.0377. The molecule has 3 aromatic rings. The number of hydrogen-bond acceptors (Lipinski definition) is 9. The zero-order valence-electron chi connectivity index (χ0n) is 19.3. The second kappa shape index (κ2) is 9.82. The first-order valence-corrected chi connectivity index (χ1v) is 12.5. The van der Waals surface area contributed by atoms with Gasteiger partial charge in [-0.25, -0.2) is 23.4 Å². The maximum absolute atomic E-state index is 11.7. The van der Waals surface area contributed by atoms with Gasteiger partial charge >= 0.3 is 0 Å². The molecule has 0 aliphatic carbocycles. The van der Waals surface area contributed by atoms with E-state index in [4.69, 9.17) is 18.9 Å². The largest absolute Gasteiger partial charge is 0.488 e. The molecule has 0 saturated heterocycles. The second-order valence-electron chi connectivity index (χ2n) is 7.98. The summed E-state index contributed by atoms with van der Waals surface area (Å²) in [7, 11) is -1.80. The van der Waals surface area contributed by atoms with Crippen molar-refractivity contribution in [1.82, 2.24) is 15.0 Å². The Hall–Kier alpha value is -3.44. The molecule has 0 spiro atoms. The normalized spacial score (nSPS) is 16.6. The van der Waals surface area contributed by atoms with E-state index in [1.165, 1.54) is 18.3 Å². The van der Waals surface area contributed by atoms with Crippen molar-refractivity contribution >= 4 is 15.7 Å². The van der Waals surface area contributed by atoms with Gasteiger partial charge in [0.1, 0.15) is 29.4 Å². The van der Waals surface area contributed by atoms with Crippen molar-refractivity contribution in [3.63, 3.8) is 0 Å². The molecule has 11 heteroatoms. The van der Waals surface area contributed by atoms with Gasteiger partial charge in [-0.1, -0.05) is 0 Å². The van der Waals surface area contributed by atoms with Crippen LogP contribution in [0.1, 0.15) is 19.5 Å². The molecule has 0 aromatic carbocycles. The van der Waals surface area contributed by atoms with Gasteiger partial charge in [-0.3, -0.25) is 0 Å². The highest BCUT2D eigenvalue weighted by molar-refractivity contribution is 7.90. The summed E-state index contributed by atoms with van der Waals surface area (Å²) in [6, 6.07) is 10.1. The molecule has 0 amide bonds. The second-order valence-corrected chi connectivity index (χ2v) is 9.94. The molecule has 34 heavy (non-hydrogen) atoms. The van der Waals surface area contributed by atoms with Gasteiger partial charge in [-0.2, -0.15) is 0 Å². The molecular formula is C23H26N4O6S. The predicted molar refractivity (Wildman–Crippen MR) is 125 cm³/mol. The molecule has 1 aliphatic rings. The summed E-state index contributed by atoms with van der Waals surface area (Å²) < 4.78 is 46.0. The van der Waals surface area contributed by atoms with Crippen LogP contribution in [0.15, 0.2) is 52.6 Å². The molecule has 4 heterocycles. The van der Waals surface area contributed by atoms with Crippen molar-refractivity contribution < 1.29 is 27.4 Å². The third-order valence-corrected chi connectivity index (χ3v) is 5.82. The maximum Gasteiger partial charge on any atom is 0.233 e. The fourth-order valence-corrected chi connectivity index (χ4v) is 3.86.